The lowest BCUT2D eigenvalue weighted by Gasteiger charge is -2.38. The summed E-state index contributed by atoms with van der Waals surface area (Å²) in [5.41, 5.74) is 1.77. The highest BCUT2D eigenvalue weighted by Gasteiger charge is 2.31. The lowest BCUT2D eigenvalue weighted by molar-refractivity contribution is -0.0468. The molecule has 2 aliphatic rings. The van der Waals surface area contributed by atoms with E-state index < -0.39 is 0 Å². The number of hydrogen-bond donors (Lipinski definition) is 0. The number of carbonyl (C=O) groups is 1. The van der Waals surface area contributed by atoms with Gasteiger partial charge in [0.05, 0.1) is 19.8 Å². The van der Waals surface area contributed by atoms with E-state index in [4.69, 9.17) is 9.47 Å². The van der Waals surface area contributed by atoms with Gasteiger partial charge < -0.3 is 14.4 Å². The molecule has 0 spiro atoms. The Hall–Kier alpha value is -2.44. The number of ether oxygens (including phenoxy) is 2. The molecule has 166 valence electrons. The molecule has 0 bridgehead atoms. The lowest BCUT2D eigenvalue weighted by atomic mass is 10.1. The van der Waals surface area contributed by atoms with Crippen molar-refractivity contribution in [3.05, 3.63) is 65.5 Å². The van der Waals surface area contributed by atoms with E-state index in [1.54, 1.807) is 19.2 Å². The minimum absolute atomic E-state index is 0.0252. The quantitative estimate of drug-likeness (QED) is 0.668. The van der Waals surface area contributed by atoms with Crippen LogP contribution >= 0.6 is 0 Å². The minimum Gasteiger partial charge on any atom is -0.497 e. The molecule has 1 unspecified atom stereocenters. The SMILES string of the molecule is COc1ccc(CN2CCOC(CN(C(=O)c3ccc(F)cc3)C3CCCC3)C2)cc1. The van der Waals surface area contributed by atoms with Gasteiger partial charge in [-0.2, -0.15) is 0 Å². The Morgan fingerprint density at radius 1 is 1.13 bits per heavy atom. The summed E-state index contributed by atoms with van der Waals surface area (Å²) < 4.78 is 24.6. The maximum absolute atomic E-state index is 13.3. The first-order chi connectivity index (χ1) is 15.1. The molecule has 2 fully saturated rings. The van der Waals surface area contributed by atoms with Crippen LogP contribution < -0.4 is 4.74 Å². The van der Waals surface area contributed by atoms with Crippen LogP contribution in [-0.4, -0.2) is 61.2 Å². The number of nitrogens with zero attached hydrogens (tertiary/aromatic N) is 2. The Bertz CT molecular complexity index is 850. The van der Waals surface area contributed by atoms with Gasteiger partial charge in [-0.05, 0) is 54.8 Å². The molecule has 4 rings (SSSR count). The molecule has 5 nitrogen and oxygen atoms in total. The van der Waals surface area contributed by atoms with E-state index >= 15 is 0 Å². The van der Waals surface area contributed by atoms with Crippen molar-refractivity contribution in [2.24, 2.45) is 0 Å². The lowest BCUT2D eigenvalue weighted by Crippen LogP contribution is -2.50. The summed E-state index contributed by atoms with van der Waals surface area (Å²) in [6, 6.07) is 14.2. The largest absolute Gasteiger partial charge is 0.497 e. The normalized spacial score (nSPS) is 20.0. The first-order valence-corrected chi connectivity index (χ1v) is 11.2. The number of hydrogen-bond acceptors (Lipinski definition) is 4. The molecule has 1 atom stereocenters. The zero-order chi connectivity index (χ0) is 21.6. The van der Waals surface area contributed by atoms with Gasteiger partial charge in [0.2, 0.25) is 0 Å². The van der Waals surface area contributed by atoms with E-state index in [0.29, 0.717) is 18.7 Å². The van der Waals surface area contributed by atoms with Gasteiger partial charge in [-0.1, -0.05) is 25.0 Å². The van der Waals surface area contributed by atoms with Gasteiger partial charge in [-0.15, -0.1) is 0 Å². The van der Waals surface area contributed by atoms with Crippen LogP contribution in [0, 0.1) is 5.82 Å². The van der Waals surface area contributed by atoms with Crippen LogP contribution in [0.25, 0.3) is 0 Å². The van der Waals surface area contributed by atoms with Crippen molar-refractivity contribution in [2.75, 3.05) is 33.4 Å². The van der Waals surface area contributed by atoms with Gasteiger partial charge in [-0.25, -0.2) is 4.39 Å². The van der Waals surface area contributed by atoms with Crippen LogP contribution in [0.1, 0.15) is 41.6 Å². The summed E-state index contributed by atoms with van der Waals surface area (Å²) in [5.74, 6) is 0.506. The van der Waals surface area contributed by atoms with Crippen molar-refractivity contribution in [2.45, 2.75) is 44.4 Å². The van der Waals surface area contributed by atoms with Gasteiger partial charge in [-0.3, -0.25) is 9.69 Å². The van der Waals surface area contributed by atoms with E-state index in [1.165, 1.54) is 17.7 Å². The van der Waals surface area contributed by atoms with Crippen LogP contribution in [0.15, 0.2) is 48.5 Å². The highest BCUT2D eigenvalue weighted by Crippen LogP contribution is 2.26. The highest BCUT2D eigenvalue weighted by atomic mass is 19.1. The maximum Gasteiger partial charge on any atom is 0.254 e. The fraction of sp³-hybridized carbons (Fsp3) is 0.480. The molecule has 6 heteroatoms. The standard InChI is InChI=1S/C25H31FN2O3/c1-30-23-12-6-19(7-13-23)16-27-14-15-31-24(17-27)18-28(22-4-2-3-5-22)25(29)20-8-10-21(26)11-9-20/h6-13,22,24H,2-5,14-18H2,1H3. The molecule has 31 heavy (non-hydrogen) atoms. The summed E-state index contributed by atoms with van der Waals surface area (Å²) in [7, 11) is 1.67. The third kappa shape index (κ3) is 5.63. The van der Waals surface area contributed by atoms with Gasteiger partial charge >= 0.3 is 0 Å². The molecular weight excluding hydrogens is 395 g/mol. The van der Waals surface area contributed by atoms with Gasteiger partial charge in [0.15, 0.2) is 0 Å². The number of methoxy groups -OCH3 is 1. The molecule has 2 aromatic rings. The molecule has 2 aromatic carbocycles. The molecular formula is C25H31FN2O3. The van der Waals surface area contributed by atoms with Crippen LogP contribution in [-0.2, 0) is 11.3 Å². The van der Waals surface area contributed by atoms with Gasteiger partial charge in [0, 0.05) is 37.8 Å². The van der Waals surface area contributed by atoms with Crippen molar-refractivity contribution in [1.29, 1.82) is 0 Å². The summed E-state index contributed by atoms with van der Waals surface area (Å²) in [4.78, 5) is 17.6. The number of benzene rings is 2. The average molecular weight is 427 g/mol. The molecule has 0 radical (unpaired) electrons. The van der Waals surface area contributed by atoms with Crippen molar-refractivity contribution in [1.82, 2.24) is 9.80 Å². The zero-order valence-electron chi connectivity index (χ0n) is 18.1. The van der Waals surface area contributed by atoms with E-state index in [9.17, 15) is 9.18 Å². The summed E-state index contributed by atoms with van der Waals surface area (Å²) in [5, 5.41) is 0. The Balaban J connectivity index is 1.42. The van der Waals surface area contributed by atoms with Gasteiger partial charge in [0.25, 0.3) is 5.91 Å². The molecule has 1 aliphatic heterocycles. The number of carbonyl (C=O) groups excluding carboxylic acids is 1. The Morgan fingerprint density at radius 2 is 1.84 bits per heavy atom. The molecule has 1 heterocycles. The molecule has 1 saturated heterocycles. The first kappa shape index (κ1) is 21.8. The fourth-order valence-electron chi connectivity index (χ4n) is 4.62. The van der Waals surface area contributed by atoms with E-state index in [2.05, 4.69) is 17.0 Å². The van der Waals surface area contributed by atoms with Crippen LogP contribution in [0.4, 0.5) is 4.39 Å². The number of rotatable bonds is 7. The Morgan fingerprint density at radius 3 is 2.52 bits per heavy atom. The van der Waals surface area contributed by atoms with Gasteiger partial charge in [0.1, 0.15) is 11.6 Å². The molecule has 0 aromatic heterocycles. The molecule has 0 N–H and O–H groups in total. The van der Waals surface area contributed by atoms with E-state index in [0.717, 1.165) is 51.1 Å². The summed E-state index contributed by atoms with van der Waals surface area (Å²) in [6.45, 7) is 3.73. The van der Waals surface area contributed by atoms with Crippen molar-refractivity contribution in [3.63, 3.8) is 0 Å². The van der Waals surface area contributed by atoms with E-state index in [1.807, 2.05) is 17.0 Å². The van der Waals surface area contributed by atoms with Crippen molar-refractivity contribution >= 4 is 5.91 Å². The predicted molar refractivity (Wildman–Crippen MR) is 118 cm³/mol. The molecule has 1 aliphatic carbocycles. The predicted octanol–water partition coefficient (Wildman–Crippen LogP) is 4.12. The smallest absolute Gasteiger partial charge is 0.254 e. The number of morpholine rings is 1. The first-order valence-electron chi connectivity index (χ1n) is 11.2. The monoisotopic (exact) mass is 426 g/mol. The van der Waals surface area contributed by atoms with Crippen LogP contribution in [0.5, 0.6) is 5.75 Å². The second-order valence-electron chi connectivity index (χ2n) is 8.48. The summed E-state index contributed by atoms with van der Waals surface area (Å²) in [6.07, 6.45) is 4.31. The Labute approximate surface area is 183 Å². The van der Waals surface area contributed by atoms with Crippen LogP contribution in [0.3, 0.4) is 0 Å². The molecule has 1 amide bonds. The topological polar surface area (TPSA) is 42.0 Å². The third-order valence-electron chi connectivity index (χ3n) is 6.31. The molecule has 1 saturated carbocycles. The highest BCUT2D eigenvalue weighted by molar-refractivity contribution is 5.94. The maximum atomic E-state index is 13.3. The fourth-order valence-corrected chi connectivity index (χ4v) is 4.62. The van der Waals surface area contributed by atoms with E-state index in [-0.39, 0.29) is 23.9 Å². The van der Waals surface area contributed by atoms with Crippen molar-refractivity contribution in [3.8, 4) is 5.75 Å². The summed E-state index contributed by atoms with van der Waals surface area (Å²) >= 11 is 0. The average Bonchev–Trinajstić information content (AvgIpc) is 3.33. The zero-order valence-corrected chi connectivity index (χ0v) is 18.1. The van der Waals surface area contributed by atoms with Crippen molar-refractivity contribution < 1.29 is 18.7 Å². The number of halogens is 1. The minimum atomic E-state index is -0.325. The second-order valence-corrected chi connectivity index (χ2v) is 8.48. The third-order valence-corrected chi connectivity index (χ3v) is 6.31. The number of amides is 1. The van der Waals surface area contributed by atoms with Crippen LogP contribution in [0.2, 0.25) is 0 Å². The Kier molecular flexibility index (Phi) is 7.20. The second kappa shape index (κ2) is 10.2.